The minimum atomic E-state index is -0.595. The van der Waals surface area contributed by atoms with Crippen molar-refractivity contribution in [3.05, 3.63) is 61.0 Å². The second-order valence-electron chi connectivity index (χ2n) is 7.32. The zero-order chi connectivity index (χ0) is 24.1. The van der Waals surface area contributed by atoms with E-state index in [1.807, 2.05) is 32.9 Å². The average molecular weight is 580 g/mol. The number of carbonyl (C=O) groups is 1. The highest BCUT2D eigenvalue weighted by Crippen LogP contribution is 2.36. The van der Waals surface area contributed by atoms with Crippen molar-refractivity contribution in [3.8, 4) is 11.5 Å². The van der Waals surface area contributed by atoms with Gasteiger partial charge >= 0.3 is 0 Å². The van der Waals surface area contributed by atoms with Crippen LogP contribution >= 0.6 is 31.9 Å². The van der Waals surface area contributed by atoms with E-state index in [9.17, 15) is 9.59 Å². The smallest absolute Gasteiger partial charge is 0.282 e. The van der Waals surface area contributed by atoms with Gasteiger partial charge in [0.15, 0.2) is 18.1 Å². The summed E-state index contributed by atoms with van der Waals surface area (Å²) in [5, 5.41) is 4.95. The van der Waals surface area contributed by atoms with Crippen LogP contribution in [0.3, 0.4) is 0 Å². The quantitative estimate of drug-likeness (QED) is 0.373. The first-order chi connectivity index (χ1) is 15.7. The van der Waals surface area contributed by atoms with E-state index in [2.05, 4.69) is 37.0 Å². The van der Waals surface area contributed by atoms with Gasteiger partial charge in [-0.2, -0.15) is 9.78 Å². The predicted molar refractivity (Wildman–Crippen MR) is 135 cm³/mol. The monoisotopic (exact) mass is 578 g/mol. The lowest BCUT2D eigenvalue weighted by Crippen LogP contribution is -2.23. The molecule has 1 aromatic heterocycles. The van der Waals surface area contributed by atoms with Crippen LogP contribution in [-0.4, -0.2) is 35.0 Å². The van der Waals surface area contributed by atoms with Crippen molar-refractivity contribution in [1.82, 2.24) is 9.66 Å². The molecule has 0 saturated heterocycles. The Hall–Kier alpha value is -2.72. The van der Waals surface area contributed by atoms with Gasteiger partial charge in [0.25, 0.3) is 11.5 Å². The van der Waals surface area contributed by atoms with Gasteiger partial charge in [0.1, 0.15) is 5.82 Å². The number of rotatable bonds is 9. The van der Waals surface area contributed by atoms with E-state index in [-0.39, 0.29) is 18.1 Å². The molecule has 0 aliphatic carbocycles. The number of ether oxygens (including phenoxy) is 2. The molecule has 10 heteroatoms. The van der Waals surface area contributed by atoms with Crippen molar-refractivity contribution < 1.29 is 14.3 Å². The molecule has 0 unspecified atom stereocenters. The Morgan fingerprint density at radius 3 is 2.67 bits per heavy atom. The van der Waals surface area contributed by atoms with Crippen molar-refractivity contribution in [2.24, 2.45) is 10.8 Å². The first-order valence-electron chi connectivity index (χ1n) is 10.4. The summed E-state index contributed by atoms with van der Waals surface area (Å²) < 4.78 is 13.8. The van der Waals surface area contributed by atoms with Crippen LogP contribution in [0.1, 0.15) is 44.5 Å². The number of carbonyl (C=O) groups excluding carboxylic acids is 1. The van der Waals surface area contributed by atoms with Crippen molar-refractivity contribution in [3.63, 3.8) is 0 Å². The summed E-state index contributed by atoms with van der Waals surface area (Å²) in [5.74, 6) is 0.798. The Morgan fingerprint density at radius 1 is 1.24 bits per heavy atom. The van der Waals surface area contributed by atoms with E-state index in [0.29, 0.717) is 44.9 Å². The summed E-state index contributed by atoms with van der Waals surface area (Å²) in [7, 11) is 0. The van der Waals surface area contributed by atoms with Crippen LogP contribution in [0.15, 0.2) is 49.2 Å². The van der Waals surface area contributed by atoms with Gasteiger partial charge in [-0.3, -0.25) is 9.59 Å². The normalized spacial score (nSPS) is 12.3. The fourth-order valence-electron chi connectivity index (χ4n) is 3.11. The van der Waals surface area contributed by atoms with Crippen LogP contribution < -0.4 is 20.8 Å². The molecule has 8 nitrogen and oxygen atoms in total. The molecule has 1 heterocycles. The molecule has 174 valence electrons. The summed E-state index contributed by atoms with van der Waals surface area (Å²) >= 11 is 6.86. The van der Waals surface area contributed by atoms with Gasteiger partial charge in [0.2, 0.25) is 0 Å². The van der Waals surface area contributed by atoms with Crippen LogP contribution in [0.5, 0.6) is 11.5 Å². The summed E-state index contributed by atoms with van der Waals surface area (Å²) in [6, 6.07) is 8.88. The van der Waals surface area contributed by atoms with Crippen LogP contribution in [0, 0.1) is 0 Å². The number of amides is 1. The maximum Gasteiger partial charge on any atom is 0.282 e. The van der Waals surface area contributed by atoms with Crippen molar-refractivity contribution in [2.45, 2.75) is 33.1 Å². The summed E-state index contributed by atoms with van der Waals surface area (Å²) in [6.07, 6.45) is 2.36. The van der Waals surface area contributed by atoms with E-state index >= 15 is 0 Å². The first-order valence-corrected chi connectivity index (χ1v) is 12.0. The number of nitrogens with zero attached hydrogens (tertiary/aromatic N) is 3. The van der Waals surface area contributed by atoms with Crippen molar-refractivity contribution in [1.29, 1.82) is 0 Å². The number of primary amides is 1. The Morgan fingerprint density at radius 2 is 2.00 bits per heavy atom. The Bertz CT molecular complexity index is 1270. The number of halogens is 2. The summed E-state index contributed by atoms with van der Waals surface area (Å²) in [6.45, 7) is 5.99. The third kappa shape index (κ3) is 5.80. The molecule has 0 aliphatic rings. The lowest BCUT2D eigenvalue weighted by atomic mass is 10.1. The molecule has 3 aromatic rings. The first kappa shape index (κ1) is 24.9. The number of nitrogens with two attached hydrogens (primary N) is 1. The SMILES string of the molecule is CCOc1cc(C=Nn2c([C@@H](C)CC)nc3ccc(Br)cc3c2=O)cc(Br)c1OCC(N)=O. The molecule has 2 N–H and O–H groups in total. The third-order valence-corrected chi connectivity index (χ3v) is 5.98. The highest BCUT2D eigenvalue weighted by molar-refractivity contribution is 9.10. The number of fused-ring (bicyclic) bond motifs is 1. The molecule has 1 atom stereocenters. The number of benzene rings is 2. The Balaban J connectivity index is 2.10. The number of hydrogen-bond donors (Lipinski definition) is 1. The number of aromatic nitrogens is 2. The molecule has 3 rings (SSSR count). The van der Waals surface area contributed by atoms with Gasteiger partial charge in [-0.05, 0) is 65.2 Å². The lowest BCUT2D eigenvalue weighted by molar-refractivity contribution is -0.119. The molecule has 0 spiro atoms. The Labute approximate surface area is 208 Å². The minimum Gasteiger partial charge on any atom is -0.490 e. The van der Waals surface area contributed by atoms with E-state index in [4.69, 9.17) is 20.2 Å². The third-order valence-electron chi connectivity index (χ3n) is 4.90. The number of hydrogen-bond acceptors (Lipinski definition) is 6. The van der Waals surface area contributed by atoms with Gasteiger partial charge in [-0.1, -0.05) is 29.8 Å². The molecular weight excluding hydrogens is 556 g/mol. The second-order valence-corrected chi connectivity index (χ2v) is 9.09. The second kappa shape index (κ2) is 10.9. The highest BCUT2D eigenvalue weighted by Gasteiger charge is 2.16. The lowest BCUT2D eigenvalue weighted by Gasteiger charge is -2.15. The molecular formula is C23H24Br2N4O4. The zero-order valence-corrected chi connectivity index (χ0v) is 21.6. The van der Waals surface area contributed by atoms with Gasteiger partial charge in [0.05, 0.1) is 28.2 Å². The zero-order valence-electron chi connectivity index (χ0n) is 18.5. The summed E-state index contributed by atoms with van der Waals surface area (Å²) in [5.41, 5.74) is 6.22. The van der Waals surface area contributed by atoms with E-state index in [1.165, 1.54) is 4.68 Å². The van der Waals surface area contributed by atoms with E-state index in [0.717, 1.165) is 10.9 Å². The average Bonchev–Trinajstić information content (AvgIpc) is 2.77. The van der Waals surface area contributed by atoms with Crippen LogP contribution in [0.4, 0.5) is 0 Å². The molecule has 0 radical (unpaired) electrons. The topological polar surface area (TPSA) is 109 Å². The fraction of sp³-hybridized carbons (Fsp3) is 0.304. The van der Waals surface area contributed by atoms with Crippen LogP contribution in [-0.2, 0) is 4.79 Å². The molecule has 2 aromatic carbocycles. The minimum absolute atomic E-state index is 0.0261. The van der Waals surface area contributed by atoms with Gasteiger partial charge in [0, 0.05) is 10.4 Å². The van der Waals surface area contributed by atoms with Crippen molar-refractivity contribution >= 4 is 54.9 Å². The Kier molecular flexibility index (Phi) is 8.25. The van der Waals surface area contributed by atoms with Crippen LogP contribution in [0.25, 0.3) is 10.9 Å². The molecule has 33 heavy (non-hydrogen) atoms. The van der Waals surface area contributed by atoms with E-state index in [1.54, 1.807) is 24.4 Å². The predicted octanol–water partition coefficient (Wildman–Crippen LogP) is 4.58. The van der Waals surface area contributed by atoms with Crippen LogP contribution in [0.2, 0.25) is 0 Å². The molecule has 0 bridgehead atoms. The maximum absolute atomic E-state index is 13.3. The fourth-order valence-corrected chi connectivity index (χ4v) is 4.05. The van der Waals surface area contributed by atoms with Gasteiger partial charge in [-0.25, -0.2) is 4.98 Å². The molecule has 0 aliphatic heterocycles. The maximum atomic E-state index is 13.3. The van der Waals surface area contributed by atoms with E-state index < -0.39 is 5.91 Å². The molecule has 1 amide bonds. The molecule has 0 fully saturated rings. The standard InChI is InChI=1S/C23H24Br2N4O4/c1-4-13(3)22-28-18-7-6-15(24)10-16(18)23(31)29(22)27-11-14-8-17(25)21(33-12-20(26)30)19(9-14)32-5-2/h6-11,13H,4-5,12H2,1-3H3,(H2,26,30)/t13-/m0/s1. The highest BCUT2D eigenvalue weighted by atomic mass is 79.9. The van der Waals surface area contributed by atoms with Gasteiger partial charge in [-0.15, -0.1) is 0 Å². The molecule has 0 saturated carbocycles. The largest absolute Gasteiger partial charge is 0.490 e. The van der Waals surface area contributed by atoms with Crippen molar-refractivity contribution in [2.75, 3.05) is 13.2 Å². The van der Waals surface area contributed by atoms with Gasteiger partial charge < -0.3 is 15.2 Å². The summed E-state index contributed by atoms with van der Waals surface area (Å²) in [4.78, 5) is 29.1.